The fraction of sp³-hybridized carbons (Fsp3) is 0.176. The molecule has 12 heteroatoms. The lowest BCUT2D eigenvalue weighted by molar-refractivity contribution is -0.137. The second-order valence-electron chi connectivity index (χ2n) is 5.66. The number of alkyl halides is 3. The number of sulfonamides is 1. The summed E-state index contributed by atoms with van der Waals surface area (Å²) >= 11 is 7.05. The molecule has 0 amide bonds. The van der Waals surface area contributed by atoms with E-state index >= 15 is 0 Å². The molecule has 0 unspecified atom stereocenters. The van der Waals surface area contributed by atoms with Gasteiger partial charge in [0.15, 0.2) is 5.17 Å². The number of nitrogens with one attached hydrogen (secondary N) is 1. The zero-order chi connectivity index (χ0) is 21.8. The summed E-state index contributed by atoms with van der Waals surface area (Å²) in [4.78, 5) is 3.47. The minimum atomic E-state index is -4.71. The number of thioether (sulfide) groups is 1. The van der Waals surface area contributed by atoms with Crippen LogP contribution in [-0.2, 0) is 16.2 Å². The molecule has 0 aliphatic heterocycles. The van der Waals surface area contributed by atoms with Gasteiger partial charge in [0.25, 0.3) is 0 Å². The average Bonchev–Trinajstić information content (AvgIpc) is 2.63. The zero-order valence-electron chi connectivity index (χ0n) is 15.0. The maximum absolute atomic E-state index is 13.7. The summed E-state index contributed by atoms with van der Waals surface area (Å²) in [5.41, 5.74) is -0.876. The molecule has 0 aliphatic rings. The van der Waals surface area contributed by atoms with Gasteiger partial charge >= 0.3 is 6.18 Å². The highest BCUT2D eigenvalue weighted by Crippen LogP contribution is 2.40. The molecule has 0 saturated heterocycles. The van der Waals surface area contributed by atoms with E-state index in [0.717, 1.165) is 28.5 Å². The molecule has 0 spiro atoms. The van der Waals surface area contributed by atoms with Gasteiger partial charge in [-0.25, -0.2) is 12.8 Å². The molecule has 0 aliphatic carbocycles. The van der Waals surface area contributed by atoms with Crippen LogP contribution in [0, 0.1) is 11.5 Å². The Kier molecular flexibility index (Phi) is 7.05. The molecule has 154 valence electrons. The van der Waals surface area contributed by atoms with Gasteiger partial charge in [-0.3, -0.25) is 4.72 Å². The summed E-state index contributed by atoms with van der Waals surface area (Å²) in [6.07, 6.45) is -0.659. The van der Waals surface area contributed by atoms with Gasteiger partial charge in [-0.05, 0) is 41.6 Å². The number of hydrogen-bond acceptors (Lipinski definition) is 5. The molecule has 2 aromatic carbocycles. The molecule has 0 heterocycles. The van der Waals surface area contributed by atoms with Crippen molar-refractivity contribution in [3.63, 3.8) is 0 Å². The van der Waals surface area contributed by atoms with Crippen molar-refractivity contribution >= 4 is 50.1 Å². The number of nitrogens with zero attached hydrogens (tertiary/aromatic N) is 3. The Balaban J connectivity index is 2.59. The van der Waals surface area contributed by atoms with Gasteiger partial charge < -0.3 is 0 Å². The van der Waals surface area contributed by atoms with Crippen LogP contribution in [0.3, 0.4) is 0 Å². The summed E-state index contributed by atoms with van der Waals surface area (Å²) in [5, 5.41) is 8.69. The third-order valence-electron chi connectivity index (χ3n) is 3.51. The molecule has 0 atom stereocenters. The first kappa shape index (κ1) is 22.9. The third kappa shape index (κ3) is 6.03. The van der Waals surface area contributed by atoms with Crippen LogP contribution in [0.15, 0.2) is 47.5 Å². The standard InChI is InChI=1S/C17H14ClF3N4O2S2/c1-28-16(23-10-22)25(18)13-6-7-14(15(9-13)17(19,20)21)11-4-3-5-12(8-11)24-29(2,26)27/h3-9,24H,1-2H3. The van der Waals surface area contributed by atoms with E-state index in [-0.39, 0.29) is 27.7 Å². The Morgan fingerprint density at radius 2 is 1.97 bits per heavy atom. The van der Waals surface area contributed by atoms with Crippen LogP contribution >= 0.6 is 23.5 Å². The second kappa shape index (κ2) is 8.94. The number of anilines is 2. The number of rotatable bonds is 4. The smallest absolute Gasteiger partial charge is 0.284 e. The van der Waals surface area contributed by atoms with Crippen LogP contribution in [0.5, 0.6) is 0 Å². The van der Waals surface area contributed by atoms with Crippen molar-refractivity contribution in [3.8, 4) is 17.3 Å². The molecule has 2 aromatic rings. The second-order valence-corrected chi connectivity index (χ2v) is 8.52. The largest absolute Gasteiger partial charge is 0.417 e. The lowest BCUT2D eigenvalue weighted by atomic mass is 9.98. The van der Waals surface area contributed by atoms with Crippen LogP contribution in [0.25, 0.3) is 11.1 Å². The highest BCUT2D eigenvalue weighted by Gasteiger charge is 2.34. The Bertz CT molecular complexity index is 1080. The van der Waals surface area contributed by atoms with Crippen LogP contribution in [0.2, 0.25) is 0 Å². The Morgan fingerprint density at radius 1 is 1.28 bits per heavy atom. The highest BCUT2D eigenvalue weighted by atomic mass is 35.5. The minimum Gasteiger partial charge on any atom is -0.284 e. The SMILES string of the molecule is CSC(=NC#N)N(Cl)c1ccc(-c2cccc(NS(C)(=O)=O)c2)c(C(F)(F)F)c1. The molecule has 29 heavy (non-hydrogen) atoms. The Labute approximate surface area is 175 Å². The van der Waals surface area contributed by atoms with Crippen LogP contribution in [0.4, 0.5) is 24.5 Å². The van der Waals surface area contributed by atoms with Gasteiger partial charge in [-0.1, -0.05) is 30.0 Å². The number of aliphatic imine (C=N–C) groups is 1. The number of benzene rings is 2. The number of nitriles is 1. The quantitative estimate of drug-likeness (QED) is 0.302. The summed E-state index contributed by atoms with van der Waals surface area (Å²) in [6, 6.07) is 9.00. The van der Waals surface area contributed by atoms with Gasteiger partial charge in [-0.2, -0.15) is 18.4 Å². The lowest BCUT2D eigenvalue weighted by Crippen LogP contribution is -2.18. The topological polar surface area (TPSA) is 85.6 Å². The number of halogens is 4. The third-order valence-corrected chi connectivity index (χ3v) is 5.21. The van der Waals surface area contributed by atoms with Crippen molar-refractivity contribution in [2.45, 2.75) is 6.18 Å². The molecule has 0 radical (unpaired) electrons. The predicted octanol–water partition coefficient (Wildman–Crippen LogP) is 4.90. The van der Waals surface area contributed by atoms with E-state index in [2.05, 4.69) is 9.71 Å². The zero-order valence-corrected chi connectivity index (χ0v) is 17.4. The monoisotopic (exact) mass is 462 g/mol. The molecule has 0 aromatic heterocycles. The van der Waals surface area contributed by atoms with Crippen molar-refractivity contribution in [2.75, 3.05) is 21.7 Å². The van der Waals surface area contributed by atoms with Gasteiger partial charge in [0, 0.05) is 17.5 Å². The molecule has 0 bridgehead atoms. The van der Waals surface area contributed by atoms with Crippen molar-refractivity contribution in [3.05, 3.63) is 48.0 Å². The van der Waals surface area contributed by atoms with Gasteiger partial charge in [0.1, 0.15) is 0 Å². The summed E-state index contributed by atoms with van der Waals surface area (Å²) in [5.74, 6) is 0. The molecule has 2 rings (SSSR count). The molecule has 1 N–H and O–H groups in total. The van der Waals surface area contributed by atoms with E-state index in [1.54, 1.807) is 6.26 Å². The Morgan fingerprint density at radius 3 is 2.52 bits per heavy atom. The maximum atomic E-state index is 13.7. The first-order valence-corrected chi connectivity index (χ1v) is 11.2. The van der Waals surface area contributed by atoms with Gasteiger partial charge in [0.2, 0.25) is 16.2 Å². The first-order chi connectivity index (χ1) is 13.5. The average molecular weight is 463 g/mol. The van der Waals surface area contributed by atoms with Crippen LogP contribution in [-0.4, -0.2) is 26.1 Å². The van der Waals surface area contributed by atoms with Crippen LogP contribution < -0.4 is 9.14 Å². The van der Waals surface area contributed by atoms with Crippen LogP contribution in [0.1, 0.15) is 5.56 Å². The van der Waals surface area contributed by atoms with E-state index in [1.807, 2.05) is 0 Å². The number of amidine groups is 1. The van der Waals surface area contributed by atoms with E-state index < -0.39 is 21.8 Å². The summed E-state index contributed by atoms with van der Waals surface area (Å²) in [7, 11) is -3.59. The lowest BCUT2D eigenvalue weighted by Gasteiger charge is -2.20. The molecule has 0 saturated carbocycles. The minimum absolute atomic E-state index is 0.00870. The molecular formula is C17H14ClF3N4O2S2. The summed E-state index contributed by atoms with van der Waals surface area (Å²) in [6.45, 7) is 0. The van der Waals surface area contributed by atoms with Crippen molar-refractivity contribution in [1.82, 2.24) is 0 Å². The van der Waals surface area contributed by atoms with E-state index in [9.17, 15) is 21.6 Å². The van der Waals surface area contributed by atoms with Crippen molar-refractivity contribution in [2.24, 2.45) is 4.99 Å². The number of hydrogen-bond donors (Lipinski definition) is 1. The fourth-order valence-electron chi connectivity index (χ4n) is 2.43. The van der Waals surface area contributed by atoms with Gasteiger partial charge in [-0.15, -0.1) is 4.99 Å². The first-order valence-electron chi connectivity index (χ1n) is 7.72. The van der Waals surface area contributed by atoms with Gasteiger partial charge in [0.05, 0.1) is 17.5 Å². The Hall–Kier alpha value is -2.42. The van der Waals surface area contributed by atoms with E-state index in [0.29, 0.717) is 0 Å². The van der Waals surface area contributed by atoms with E-state index in [4.69, 9.17) is 17.0 Å². The predicted molar refractivity (Wildman–Crippen MR) is 110 cm³/mol. The van der Waals surface area contributed by atoms with Crippen molar-refractivity contribution < 1.29 is 21.6 Å². The molecule has 0 fully saturated rings. The fourth-order valence-corrected chi connectivity index (χ4v) is 3.73. The maximum Gasteiger partial charge on any atom is 0.417 e. The molecule has 6 nitrogen and oxygen atoms in total. The highest BCUT2D eigenvalue weighted by molar-refractivity contribution is 8.13. The normalized spacial score (nSPS) is 12.4. The summed E-state index contributed by atoms with van der Waals surface area (Å²) < 4.78 is 67.0. The van der Waals surface area contributed by atoms with Crippen molar-refractivity contribution in [1.29, 1.82) is 5.26 Å². The van der Waals surface area contributed by atoms with E-state index in [1.165, 1.54) is 42.6 Å². The molecular weight excluding hydrogens is 449 g/mol.